The Bertz CT molecular complexity index is 569. The van der Waals surface area contributed by atoms with E-state index in [-0.39, 0.29) is 5.91 Å². The van der Waals surface area contributed by atoms with Crippen molar-refractivity contribution in [2.45, 2.75) is 6.92 Å². The van der Waals surface area contributed by atoms with Gasteiger partial charge in [0.2, 0.25) is 5.91 Å². The smallest absolute Gasteiger partial charge is 0.238 e. The summed E-state index contributed by atoms with van der Waals surface area (Å²) in [6, 6.07) is 11.8. The fraction of sp³-hybridized carbons (Fsp3) is 0.214. The van der Waals surface area contributed by atoms with Gasteiger partial charge in [0.1, 0.15) is 0 Å². The van der Waals surface area contributed by atoms with Gasteiger partial charge in [-0.15, -0.1) is 0 Å². The number of fused-ring (bicyclic) bond motifs is 1. The standard InChI is InChI=1S/C14H15BrN2O/c1-2-16-9-14(18)17-13-8-7-12(15)10-5-3-4-6-11(10)13/h3-8,16H,2,9H2,1H3,(H,17,18). The van der Waals surface area contributed by atoms with E-state index in [1.165, 1.54) is 0 Å². The fourth-order valence-electron chi connectivity index (χ4n) is 1.80. The highest BCUT2D eigenvalue weighted by molar-refractivity contribution is 9.10. The summed E-state index contributed by atoms with van der Waals surface area (Å²) in [5.74, 6) is -0.0238. The molecule has 0 radical (unpaired) electrons. The average molecular weight is 307 g/mol. The number of benzene rings is 2. The van der Waals surface area contributed by atoms with Crippen molar-refractivity contribution in [3.05, 3.63) is 40.9 Å². The highest BCUT2D eigenvalue weighted by Crippen LogP contribution is 2.29. The molecule has 0 atom stereocenters. The maximum absolute atomic E-state index is 11.7. The molecule has 18 heavy (non-hydrogen) atoms. The van der Waals surface area contributed by atoms with Crippen molar-refractivity contribution in [3.8, 4) is 0 Å². The molecular formula is C14H15BrN2O. The van der Waals surface area contributed by atoms with Crippen LogP contribution in [-0.4, -0.2) is 19.0 Å². The Morgan fingerprint density at radius 1 is 1.17 bits per heavy atom. The van der Waals surface area contributed by atoms with Crippen LogP contribution in [-0.2, 0) is 4.79 Å². The molecule has 94 valence electrons. The molecule has 0 fully saturated rings. The third-order valence-electron chi connectivity index (χ3n) is 2.68. The second-order valence-corrected chi connectivity index (χ2v) is 4.82. The minimum absolute atomic E-state index is 0.0238. The van der Waals surface area contributed by atoms with Crippen LogP contribution in [0.2, 0.25) is 0 Å². The molecular weight excluding hydrogens is 292 g/mol. The van der Waals surface area contributed by atoms with Gasteiger partial charge < -0.3 is 10.6 Å². The van der Waals surface area contributed by atoms with Gasteiger partial charge in [-0.25, -0.2) is 0 Å². The van der Waals surface area contributed by atoms with Crippen molar-refractivity contribution >= 4 is 38.3 Å². The van der Waals surface area contributed by atoms with Crippen LogP contribution in [0.5, 0.6) is 0 Å². The third kappa shape index (κ3) is 2.89. The Hall–Kier alpha value is -1.39. The van der Waals surface area contributed by atoms with Crippen LogP contribution in [0.4, 0.5) is 5.69 Å². The zero-order chi connectivity index (χ0) is 13.0. The Morgan fingerprint density at radius 2 is 1.89 bits per heavy atom. The van der Waals surface area contributed by atoms with Gasteiger partial charge in [0.15, 0.2) is 0 Å². The van der Waals surface area contributed by atoms with Crippen molar-refractivity contribution in [1.29, 1.82) is 0 Å². The predicted octanol–water partition coefficient (Wildman–Crippen LogP) is 3.15. The lowest BCUT2D eigenvalue weighted by molar-refractivity contribution is -0.115. The van der Waals surface area contributed by atoms with E-state index in [9.17, 15) is 4.79 Å². The highest BCUT2D eigenvalue weighted by atomic mass is 79.9. The zero-order valence-electron chi connectivity index (χ0n) is 10.2. The second-order valence-electron chi connectivity index (χ2n) is 3.97. The van der Waals surface area contributed by atoms with Gasteiger partial charge in [-0.05, 0) is 24.1 Å². The largest absolute Gasteiger partial charge is 0.324 e. The first-order valence-corrected chi connectivity index (χ1v) is 6.69. The molecule has 0 aliphatic rings. The number of halogens is 1. The molecule has 0 aliphatic carbocycles. The van der Waals surface area contributed by atoms with E-state index in [0.717, 1.165) is 27.5 Å². The number of carbonyl (C=O) groups is 1. The zero-order valence-corrected chi connectivity index (χ0v) is 11.8. The maximum atomic E-state index is 11.7. The molecule has 2 rings (SSSR count). The van der Waals surface area contributed by atoms with Gasteiger partial charge in [-0.2, -0.15) is 0 Å². The molecule has 0 heterocycles. The van der Waals surface area contributed by atoms with Crippen molar-refractivity contribution in [2.75, 3.05) is 18.4 Å². The van der Waals surface area contributed by atoms with E-state index in [0.29, 0.717) is 6.54 Å². The van der Waals surface area contributed by atoms with E-state index in [4.69, 9.17) is 0 Å². The number of nitrogens with one attached hydrogen (secondary N) is 2. The molecule has 0 saturated heterocycles. The van der Waals surface area contributed by atoms with Gasteiger partial charge in [0, 0.05) is 15.5 Å². The number of carbonyl (C=O) groups excluding carboxylic acids is 1. The van der Waals surface area contributed by atoms with Crippen LogP contribution in [0.25, 0.3) is 10.8 Å². The summed E-state index contributed by atoms with van der Waals surface area (Å²) >= 11 is 3.51. The summed E-state index contributed by atoms with van der Waals surface area (Å²) in [5.41, 5.74) is 0.844. The van der Waals surface area contributed by atoms with E-state index in [1.54, 1.807) is 0 Å². The first-order valence-electron chi connectivity index (χ1n) is 5.90. The highest BCUT2D eigenvalue weighted by Gasteiger charge is 2.06. The number of hydrogen-bond donors (Lipinski definition) is 2. The number of anilines is 1. The van der Waals surface area contributed by atoms with Crippen LogP contribution < -0.4 is 10.6 Å². The maximum Gasteiger partial charge on any atom is 0.238 e. The van der Waals surface area contributed by atoms with Crippen LogP contribution in [0.15, 0.2) is 40.9 Å². The minimum atomic E-state index is -0.0238. The minimum Gasteiger partial charge on any atom is -0.324 e. The van der Waals surface area contributed by atoms with Gasteiger partial charge in [0.25, 0.3) is 0 Å². The van der Waals surface area contributed by atoms with Gasteiger partial charge in [0.05, 0.1) is 6.54 Å². The van der Waals surface area contributed by atoms with Gasteiger partial charge in [-0.1, -0.05) is 47.1 Å². The Labute approximate surface area is 115 Å². The quantitative estimate of drug-likeness (QED) is 0.911. The average Bonchev–Trinajstić information content (AvgIpc) is 2.40. The Morgan fingerprint density at radius 3 is 2.61 bits per heavy atom. The molecule has 2 aromatic rings. The molecule has 1 amide bonds. The summed E-state index contributed by atoms with van der Waals surface area (Å²) in [7, 11) is 0. The predicted molar refractivity (Wildman–Crippen MR) is 78.8 cm³/mol. The van der Waals surface area contributed by atoms with Gasteiger partial charge >= 0.3 is 0 Å². The van der Waals surface area contributed by atoms with Crippen LogP contribution in [0, 0.1) is 0 Å². The Balaban J connectivity index is 2.29. The molecule has 0 unspecified atom stereocenters. The summed E-state index contributed by atoms with van der Waals surface area (Å²) in [5, 5.41) is 8.07. The number of amides is 1. The molecule has 3 nitrogen and oxygen atoms in total. The van der Waals surface area contributed by atoms with E-state index >= 15 is 0 Å². The molecule has 2 N–H and O–H groups in total. The summed E-state index contributed by atoms with van der Waals surface area (Å²) in [4.78, 5) is 11.7. The van der Waals surface area contributed by atoms with E-state index < -0.39 is 0 Å². The second kappa shape index (κ2) is 5.98. The lowest BCUT2D eigenvalue weighted by atomic mass is 10.1. The lowest BCUT2D eigenvalue weighted by Crippen LogP contribution is -2.27. The van der Waals surface area contributed by atoms with Crippen LogP contribution in [0.3, 0.4) is 0 Å². The molecule has 2 aromatic carbocycles. The molecule has 0 bridgehead atoms. The number of likely N-dealkylation sites (N-methyl/N-ethyl adjacent to an activating group) is 1. The SMILES string of the molecule is CCNCC(=O)Nc1ccc(Br)c2ccccc12. The first-order chi connectivity index (χ1) is 8.72. The first kappa shape index (κ1) is 13.1. The summed E-state index contributed by atoms with van der Waals surface area (Å²) in [6.45, 7) is 3.09. The van der Waals surface area contributed by atoms with Crippen molar-refractivity contribution in [2.24, 2.45) is 0 Å². The lowest BCUT2D eigenvalue weighted by Gasteiger charge is -2.10. The van der Waals surface area contributed by atoms with Crippen LogP contribution >= 0.6 is 15.9 Å². The normalized spacial score (nSPS) is 10.6. The number of hydrogen-bond acceptors (Lipinski definition) is 2. The molecule has 0 saturated carbocycles. The Kier molecular flexibility index (Phi) is 4.33. The van der Waals surface area contributed by atoms with Crippen molar-refractivity contribution in [1.82, 2.24) is 5.32 Å². The third-order valence-corrected chi connectivity index (χ3v) is 3.37. The molecule has 4 heteroatoms. The summed E-state index contributed by atoms with van der Waals surface area (Å²) < 4.78 is 1.03. The van der Waals surface area contributed by atoms with Crippen LogP contribution in [0.1, 0.15) is 6.92 Å². The van der Waals surface area contributed by atoms with E-state index in [2.05, 4.69) is 26.6 Å². The van der Waals surface area contributed by atoms with Gasteiger partial charge in [-0.3, -0.25) is 4.79 Å². The molecule has 0 aromatic heterocycles. The molecule has 0 aliphatic heterocycles. The topological polar surface area (TPSA) is 41.1 Å². The van der Waals surface area contributed by atoms with Crippen molar-refractivity contribution < 1.29 is 4.79 Å². The summed E-state index contributed by atoms with van der Waals surface area (Å²) in [6.07, 6.45) is 0. The van der Waals surface area contributed by atoms with Crippen molar-refractivity contribution in [3.63, 3.8) is 0 Å². The molecule has 0 spiro atoms. The number of rotatable bonds is 4. The monoisotopic (exact) mass is 306 g/mol. The van der Waals surface area contributed by atoms with E-state index in [1.807, 2.05) is 43.3 Å². The fourth-order valence-corrected chi connectivity index (χ4v) is 2.28.